The quantitative estimate of drug-likeness (QED) is 0.823. The highest BCUT2D eigenvalue weighted by atomic mass is 35.5. The molecule has 1 amide bonds. The van der Waals surface area contributed by atoms with E-state index < -0.39 is 6.10 Å². The van der Waals surface area contributed by atoms with Crippen molar-refractivity contribution in [1.82, 2.24) is 10.2 Å². The van der Waals surface area contributed by atoms with E-state index in [0.717, 1.165) is 31.5 Å². The Balaban J connectivity index is 1.81. The summed E-state index contributed by atoms with van der Waals surface area (Å²) >= 11 is 12.1. The molecule has 0 spiro atoms. The van der Waals surface area contributed by atoms with Gasteiger partial charge in [-0.25, -0.2) is 0 Å². The first kappa shape index (κ1) is 19.0. The van der Waals surface area contributed by atoms with E-state index in [1.165, 1.54) is 0 Å². The fraction of sp³-hybridized carbons (Fsp3) is 0.350. The van der Waals surface area contributed by atoms with Crippen LogP contribution in [0.3, 0.4) is 0 Å². The Kier molecular flexibility index (Phi) is 6.41. The van der Waals surface area contributed by atoms with Gasteiger partial charge in [-0.1, -0.05) is 53.5 Å². The molecular weight excluding hydrogens is 371 g/mol. The molecule has 0 radical (unpaired) electrons. The molecule has 0 saturated carbocycles. The van der Waals surface area contributed by atoms with Crippen LogP contribution in [0.25, 0.3) is 0 Å². The number of hydrogen-bond acceptors (Lipinski definition) is 3. The number of ether oxygens (including phenoxy) is 1. The topological polar surface area (TPSA) is 41.6 Å². The first-order valence-electron chi connectivity index (χ1n) is 8.71. The van der Waals surface area contributed by atoms with Crippen molar-refractivity contribution < 1.29 is 9.53 Å². The predicted octanol–water partition coefficient (Wildman–Crippen LogP) is 4.32. The number of likely N-dealkylation sites (tertiary alicyclic amines) is 1. The lowest BCUT2D eigenvalue weighted by Crippen LogP contribution is -2.46. The van der Waals surface area contributed by atoms with Crippen LogP contribution in [0.4, 0.5) is 0 Å². The average Bonchev–Trinajstić information content (AvgIpc) is 2.69. The molecule has 1 unspecified atom stereocenters. The second-order valence-electron chi connectivity index (χ2n) is 6.37. The maximum Gasteiger partial charge on any atom is 0.268 e. The SMILES string of the molecule is CNC1CCN(C(=O)C(Oc2ccc(Cl)c(Cl)c2)c2ccccc2)CC1. The van der Waals surface area contributed by atoms with Crippen molar-refractivity contribution in [3.63, 3.8) is 0 Å². The molecule has 1 fully saturated rings. The van der Waals surface area contributed by atoms with Gasteiger partial charge in [0.15, 0.2) is 0 Å². The number of hydrogen-bond donors (Lipinski definition) is 1. The molecule has 138 valence electrons. The van der Waals surface area contributed by atoms with Crippen LogP contribution in [-0.4, -0.2) is 37.0 Å². The summed E-state index contributed by atoms with van der Waals surface area (Å²) in [5.74, 6) is 0.489. The maximum absolute atomic E-state index is 13.2. The molecule has 3 rings (SSSR count). The van der Waals surface area contributed by atoms with E-state index in [4.69, 9.17) is 27.9 Å². The Labute approximate surface area is 164 Å². The van der Waals surface area contributed by atoms with E-state index in [9.17, 15) is 4.79 Å². The molecule has 6 heteroatoms. The largest absolute Gasteiger partial charge is 0.476 e. The molecule has 0 bridgehead atoms. The highest BCUT2D eigenvalue weighted by molar-refractivity contribution is 6.42. The molecule has 1 saturated heterocycles. The molecule has 1 atom stereocenters. The summed E-state index contributed by atoms with van der Waals surface area (Å²) in [6, 6.07) is 15.0. The molecule has 0 aromatic heterocycles. The van der Waals surface area contributed by atoms with Crippen LogP contribution < -0.4 is 10.1 Å². The van der Waals surface area contributed by atoms with E-state index in [-0.39, 0.29) is 5.91 Å². The van der Waals surface area contributed by atoms with Gasteiger partial charge in [-0.15, -0.1) is 0 Å². The summed E-state index contributed by atoms with van der Waals surface area (Å²) in [5.41, 5.74) is 0.819. The number of nitrogens with one attached hydrogen (secondary N) is 1. The monoisotopic (exact) mass is 392 g/mol. The number of amides is 1. The van der Waals surface area contributed by atoms with Gasteiger partial charge in [0, 0.05) is 30.8 Å². The van der Waals surface area contributed by atoms with Crippen molar-refractivity contribution in [3.05, 3.63) is 64.1 Å². The normalized spacial score (nSPS) is 16.3. The number of halogens is 2. The highest BCUT2D eigenvalue weighted by Gasteiger charge is 2.30. The van der Waals surface area contributed by atoms with Crippen molar-refractivity contribution in [2.24, 2.45) is 0 Å². The summed E-state index contributed by atoms with van der Waals surface area (Å²) in [5, 5.41) is 4.13. The highest BCUT2D eigenvalue weighted by Crippen LogP contribution is 2.30. The molecule has 2 aromatic carbocycles. The number of rotatable bonds is 5. The summed E-state index contributed by atoms with van der Waals surface area (Å²) in [6.07, 6.45) is 1.17. The summed E-state index contributed by atoms with van der Waals surface area (Å²) in [4.78, 5) is 15.0. The molecule has 4 nitrogen and oxygen atoms in total. The van der Waals surface area contributed by atoms with Gasteiger partial charge in [0.2, 0.25) is 6.10 Å². The third kappa shape index (κ3) is 4.50. The molecular formula is C20H22Cl2N2O2. The third-order valence-corrected chi connectivity index (χ3v) is 5.43. The zero-order valence-corrected chi connectivity index (χ0v) is 16.1. The molecule has 1 heterocycles. The lowest BCUT2D eigenvalue weighted by molar-refractivity contribution is -0.140. The average molecular weight is 393 g/mol. The Bertz CT molecular complexity index is 747. The van der Waals surface area contributed by atoms with Crippen LogP contribution in [0.2, 0.25) is 10.0 Å². The number of benzene rings is 2. The lowest BCUT2D eigenvalue weighted by Gasteiger charge is -2.34. The standard InChI is InChI=1S/C20H22Cl2N2O2/c1-23-15-9-11-24(12-10-15)20(25)19(14-5-3-2-4-6-14)26-16-7-8-17(21)18(22)13-16/h2-8,13,15,19,23H,9-12H2,1H3. The van der Waals surface area contributed by atoms with Crippen molar-refractivity contribution in [2.75, 3.05) is 20.1 Å². The second kappa shape index (κ2) is 8.76. The Hall–Kier alpha value is -1.75. The van der Waals surface area contributed by atoms with E-state index in [1.807, 2.05) is 42.3 Å². The number of nitrogens with zero attached hydrogens (tertiary/aromatic N) is 1. The van der Waals surface area contributed by atoms with Crippen LogP contribution in [0, 0.1) is 0 Å². The lowest BCUT2D eigenvalue weighted by atomic mass is 10.0. The third-order valence-electron chi connectivity index (χ3n) is 4.69. The van der Waals surface area contributed by atoms with Crippen molar-refractivity contribution in [2.45, 2.75) is 25.0 Å². The van der Waals surface area contributed by atoms with Gasteiger partial charge >= 0.3 is 0 Å². The molecule has 0 aliphatic carbocycles. The van der Waals surface area contributed by atoms with Gasteiger partial charge in [-0.05, 0) is 32.0 Å². The first-order chi connectivity index (χ1) is 12.6. The van der Waals surface area contributed by atoms with E-state index in [1.54, 1.807) is 18.2 Å². The Morgan fingerprint density at radius 3 is 2.42 bits per heavy atom. The smallest absolute Gasteiger partial charge is 0.268 e. The van der Waals surface area contributed by atoms with E-state index in [0.29, 0.717) is 21.8 Å². The number of carbonyl (C=O) groups excluding carboxylic acids is 1. The fourth-order valence-corrected chi connectivity index (χ4v) is 3.42. The molecule has 1 aliphatic rings. The summed E-state index contributed by atoms with van der Waals surface area (Å²) < 4.78 is 6.05. The molecule has 1 aliphatic heterocycles. The summed E-state index contributed by atoms with van der Waals surface area (Å²) in [7, 11) is 1.96. The minimum atomic E-state index is -0.709. The molecule has 26 heavy (non-hydrogen) atoms. The summed E-state index contributed by atoms with van der Waals surface area (Å²) in [6.45, 7) is 1.44. The number of piperidine rings is 1. The van der Waals surface area contributed by atoms with Crippen molar-refractivity contribution >= 4 is 29.1 Å². The van der Waals surface area contributed by atoms with Crippen LogP contribution in [0.15, 0.2) is 48.5 Å². The minimum Gasteiger partial charge on any atom is -0.476 e. The fourth-order valence-electron chi connectivity index (χ4n) is 3.13. The minimum absolute atomic E-state index is 0.0307. The van der Waals surface area contributed by atoms with Crippen LogP contribution >= 0.6 is 23.2 Å². The Morgan fingerprint density at radius 1 is 1.12 bits per heavy atom. The first-order valence-corrected chi connectivity index (χ1v) is 9.47. The van der Waals surface area contributed by atoms with Crippen LogP contribution in [0.1, 0.15) is 24.5 Å². The van der Waals surface area contributed by atoms with Crippen molar-refractivity contribution in [1.29, 1.82) is 0 Å². The number of carbonyl (C=O) groups is 1. The predicted molar refractivity (Wildman–Crippen MR) is 105 cm³/mol. The van der Waals surface area contributed by atoms with E-state index >= 15 is 0 Å². The zero-order valence-electron chi connectivity index (χ0n) is 14.6. The van der Waals surface area contributed by atoms with Gasteiger partial charge in [0.1, 0.15) is 5.75 Å². The maximum atomic E-state index is 13.2. The van der Waals surface area contributed by atoms with Gasteiger partial charge in [-0.2, -0.15) is 0 Å². The molecule has 1 N–H and O–H groups in total. The molecule has 2 aromatic rings. The van der Waals surface area contributed by atoms with Crippen molar-refractivity contribution in [3.8, 4) is 5.75 Å². The van der Waals surface area contributed by atoms with Gasteiger partial charge in [-0.3, -0.25) is 4.79 Å². The van der Waals surface area contributed by atoms with Gasteiger partial charge < -0.3 is 15.0 Å². The van der Waals surface area contributed by atoms with Gasteiger partial charge in [0.25, 0.3) is 5.91 Å². The van der Waals surface area contributed by atoms with Crippen LogP contribution in [-0.2, 0) is 4.79 Å². The van der Waals surface area contributed by atoms with Crippen LogP contribution in [0.5, 0.6) is 5.75 Å². The van der Waals surface area contributed by atoms with E-state index in [2.05, 4.69) is 5.32 Å². The van der Waals surface area contributed by atoms with Gasteiger partial charge in [0.05, 0.1) is 10.0 Å². The zero-order chi connectivity index (χ0) is 18.5. The Morgan fingerprint density at radius 2 is 1.81 bits per heavy atom. The second-order valence-corrected chi connectivity index (χ2v) is 7.19.